The fourth-order valence-electron chi connectivity index (χ4n) is 5.44. The van der Waals surface area contributed by atoms with E-state index in [2.05, 4.69) is 69.3 Å². The third-order valence-corrected chi connectivity index (χ3v) is 8.99. The van der Waals surface area contributed by atoms with Crippen molar-refractivity contribution in [3.05, 3.63) is 52.7 Å². The zero-order valence-corrected chi connectivity index (χ0v) is 21.8. The third kappa shape index (κ3) is 5.67. The van der Waals surface area contributed by atoms with E-state index in [1.165, 1.54) is 16.0 Å². The summed E-state index contributed by atoms with van der Waals surface area (Å²) in [5.74, 6) is 1.97. The first-order valence-electron chi connectivity index (χ1n) is 13.1. The van der Waals surface area contributed by atoms with Crippen LogP contribution in [0.5, 0.6) is 0 Å². The molecular weight excluding hydrogens is 454 g/mol. The van der Waals surface area contributed by atoms with Crippen LogP contribution in [0.2, 0.25) is 0 Å². The molecule has 6 nitrogen and oxygen atoms in total. The minimum atomic E-state index is 0.110. The number of carbonyl (C=O) groups is 1. The molecule has 1 aromatic carbocycles. The predicted molar refractivity (Wildman–Crippen MR) is 144 cm³/mol. The number of anilines is 1. The van der Waals surface area contributed by atoms with E-state index in [1.54, 1.807) is 17.7 Å². The number of hydrogen-bond donors (Lipinski definition) is 1. The van der Waals surface area contributed by atoms with Gasteiger partial charge in [-0.25, -0.2) is 9.97 Å². The maximum absolute atomic E-state index is 12.9. The van der Waals surface area contributed by atoms with Gasteiger partial charge in [-0.1, -0.05) is 31.2 Å². The minimum absolute atomic E-state index is 0.110. The number of amides is 1. The molecule has 4 heterocycles. The van der Waals surface area contributed by atoms with Crippen LogP contribution in [0.15, 0.2) is 36.7 Å². The Hall–Kier alpha value is -2.51. The number of aryl methyl sites for hydroxylation is 2. The summed E-state index contributed by atoms with van der Waals surface area (Å²) in [6.45, 7) is 10.2. The fraction of sp³-hybridized carbons (Fsp3) is 0.536. The summed E-state index contributed by atoms with van der Waals surface area (Å²) >= 11 is 1.76. The molecule has 0 atom stereocenters. The molecule has 5 rings (SSSR count). The number of fused-ring (bicyclic) bond motifs is 1. The Labute approximate surface area is 212 Å². The molecule has 2 saturated heterocycles. The van der Waals surface area contributed by atoms with Crippen molar-refractivity contribution >= 4 is 33.3 Å². The van der Waals surface area contributed by atoms with Crippen LogP contribution in [-0.2, 0) is 17.8 Å². The lowest BCUT2D eigenvalue weighted by Crippen LogP contribution is -2.43. The Morgan fingerprint density at radius 1 is 1.09 bits per heavy atom. The van der Waals surface area contributed by atoms with Crippen LogP contribution >= 0.6 is 11.3 Å². The molecule has 2 fully saturated rings. The van der Waals surface area contributed by atoms with E-state index in [1.807, 2.05) is 0 Å². The van der Waals surface area contributed by atoms with Gasteiger partial charge in [0.2, 0.25) is 5.91 Å². The first kappa shape index (κ1) is 24.2. The van der Waals surface area contributed by atoms with Crippen molar-refractivity contribution in [2.45, 2.75) is 52.5 Å². The molecule has 2 aromatic heterocycles. The number of piperidine rings is 2. The molecule has 2 aliphatic heterocycles. The number of nitrogens with one attached hydrogen (secondary N) is 1. The van der Waals surface area contributed by atoms with Crippen molar-refractivity contribution in [1.82, 2.24) is 20.2 Å². The summed E-state index contributed by atoms with van der Waals surface area (Å²) in [5.41, 5.74) is 2.80. The Morgan fingerprint density at radius 3 is 2.60 bits per heavy atom. The zero-order valence-electron chi connectivity index (χ0n) is 21.0. The van der Waals surface area contributed by atoms with Crippen molar-refractivity contribution in [2.24, 2.45) is 11.8 Å². The van der Waals surface area contributed by atoms with Crippen LogP contribution < -0.4 is 10.2 Å². The molecule has 1 amide bonds. The number of nitrogens with zero attached hydrogens (tertiary/aromatic N) is 4. The number of thiophene rings is 1. The molecule has 0 saturated carbocycles. The number of rotatable bonds is 7. The Morgan fingerprint density at radius 2 is 1.86 bits per heavy atom. The molecule has 0 unspecified atom stereocenters. The highest BCUT2D eigenvalue weighted by Gasteiger charge is 2.28. The van der Waals surface area contributed by atoms with E-state index in [9.17, 15) is 4.79 Å². The summed E-state index contributed by atoms with van der Waals surface area (Å²) in [6.07, 6.45) is 6.80. The summed E-state index contributed by atoms with van der Waals surface area (Å²) in [5, 5.41) is 4.45. The van der Waals surface area contributed by atoms with Gasteiger partial charge in [-0.15, -0.1) is 11.3 Å². The summed E-state index contributed by atoms with van der Waals surface area (Å²) in [7, 11) is 0. The molecular formula is C28H37N5OS. The van der Waals surface area contributed by atoms with Gasteiger partial charge in [0.1, 0.15) is 17.0 Å². The highest BCUT2D eigenvalue weighted by molar-refractivity contribution is 7.18. The van der Waals surface area contributed by atoms with Gasteiger partial charge in [-0.3, -0.25) is 9.69 Å². The predicted octanol–water partition coefficient (Wildman–Crippen LogP) is 4.81. The number of carbonyl (C=O) groups excluding carboxylic acids is 1. The molecule has 186 valence electrons. The average Bonchev–Trinajstić information content (AvgIpc) is 3.33. The first-order valence-corrected chi connectivity index (χ1v) is 13.9. The van der Waals surface area contributed by atoms with Gasteiger partial charge in [0.05, 0.1) is 5.39 Å². The lowest BCUT2D eigenvalue weighted by atomic mass is 9.93. The second kappa shape index (κ2) is 11.0. The fourth-order valence-corrected chi connectivity index (χ4v) is 6.37. The Bertz CT molecular complexity index is 1150. The number of hydrogen-bond acceptors (Lipinski definition) is 6. The van der Waals surface area contributed by atoms with E-state index >= 15 is 0 Å². The van der Waals surface area contributed by atoms with Gasteiger partial charge in [0, 0.05) is 37.0 Å². The largest absolute Gasteiger partial charge is 0.356 e. The lowest BCUT2D eigenvalue weighted by Gasteiger charge is -2.34. The van der Waals surface area contributed by atoms with Crippen LogP contribution in [0.4, 0.5) is 5.82 Å². The topological polar surface area (TPSA) is 61.4 Å². The lowest BCUT2D eigenvalue weighted by molar-refractivity contribution is -0.125. The SMILES string of the molecule is CCc1cc2c(N3CCC(C(=O)NCC4CCN(Cc5ccccc5C)CC4)CC3)ncnc2s1. The van der Waals surface area contributed by atoms with Crippen molar-refractivity contribution in [1.29, 1.82) is 0 Å². The maximum atomic E-state index is 12.9. The minimum Gasteiger partial charge on any atom is -0.356 e. The van der Waals surface area contributed by atoms with Gasteiger partial charge in [0.25, 0.3) is 0 Å². The zero-order chi connectivity index (χ0) is 24.2. The molecule has 0 spiro atoms. The maximum Gasteiger partial charge on any atom is 0.223 e. The van der Waals surface area contributed by atoms with Crippen molar-refractivity contribution in [2.75, 3.05) is 37.6 Å². The Balaban J connectivity index is 1.06. The monoisotopic (exact) mass is 491 g/mol. The quantitative estimate of drug-likeness (QED) is 0.514. The highest BCUT2D eigenvalue weighted by Crippen LogP contribution is 2.32. The second-order valence-corrected chi connectivity index (χ2v) is 11.3. The number of likely N-dealkylation sites (tertiary alicyclic amines) is 1. The highest BCUT2D eigenvalue weighted by atomic mass is 32.1. The molecule has 1 N–H and O–H groups in total. The first-order chi connectivity index (χ1) is 17.1. The third-order valence-electron chi connectivity index (χ3n) is 7.80. The molecule has 2 aliphatic rings. The smallest absolute Gasteiger partial charge is 0.223 e. The van der Waals surface area contributed by atoms with Gasteiger partial charge >= 0.3 is 0 Å². The molecule has 0 radical (unpaired) electrons. The van der Waals surface area contributed by atoms with E-state index in [-0.39, 0.29) is 11.8 Å². The van der Waals surface area contributed by atoms with E-state index in [4.69, 9.17) is 0 Å². The van der Waals surface area contributed by atoms with E-state index < -0.39 is 0 Å². The van der Waals surface area contributed by atoms with Gasteiger partial charge < -0.3 is 10.2 Å². The van der Waals surface area contributed by atoms with Crippen LogP contribution in [0.3, 0.4) is 0 Å². The normalized spacial score (nSPS) is 18.3. The summed E-state index contributed by atoms with van der Waals surface area (Å²) in [6, 6.07) is 10.9. The van der Waals surface area contributed by atoms with Gasteiger partial charge in [0.15, 0.2) is 0 Å². The number of benzene rings is 1. The molecule has 7 heteroatoms. The van der Waals surface area contributed by atoms with Crippen LogP contribution in [0.25, 0.3) is 10.2 Å². The summed E-state index contributed by atoms with van der Waals surface area (Å²) in [4.78, 5) is 29.3. The van der Waals surface area contributed by atoms with Crippen LogP contribution in [0.1, 0.15) is 48.6 Å². The van der Waals surface area contributed by atoms with Crippen LogP contribution in [-0.4, -0.2) is 53.5 Å². The second-order valence-electron chi connectivity index (χ2n) is 10.1. The standard InChI is InChI=1S/C28H37N5OS/c1-3-24-16-25-26(30-19-31-28(25)35-24)33-14-10-22(11-15-33)27(34)29-17-21-8-12-32(13-9-21)18-23-7-5-4-6-20(23)2/h4-7,16,19,21-22H,3,8-15,17-18H2,1-2H3,(H,29,34). The van der Waals surface area contributed by atoms with Crippen molar-refractivity contribution < 1.29 is 4.79 Å². The van der Waals surface area contributed by atoms with E-state index in [0.29, 0.717) is 5.92 Å². The Kier molecular flexibility index (Phi) is 7.63. The average molecular weight is 492 g/mol. The van der Waals surface area contributed by atoms with Crippen molar-refractivity contribution in [3.63, 3.8) is 0 Å². The molecule has 0 bridgehead atoms. The van der Waals surface area contributed by atoms with Gasteiger partial charge in [-0.2, -0.15) is 0 Å². The summed E-state index contributed by atoms with van der Waals surface area (Å²) < 4.78 is 0. The van der Waals surface area contributed by atoms with Gasteiger partial charge in [-0.05, 0) is 75.2 Å². The molecule has 35 heavy (non-hydrogen) atoms. The van der Waals surface area contributed by atoms with E-state index in [0.717, 1.165) is 87.4 Å². The molecule has 0 aliphatic carbocycles. The number of aromatic nitrogens is 2. The van der Waals surface area contributed by atoms with Crippen LogP contribution in [0, 0.1) is 18.8 Å². The molecule has 3 aromatic rings. The van der Waals surface area contributed by atoms with Crippen molar-refractivity contribution in [3.8, 4) is 0 Å².